The molecular weight excluding hydrogens is 256 g/mol. The van der Waals surface area contributed by atoms with E-state index in [0.717, 1.165) is 0 Å². The zero-order valence-corrected chi connectivity index (χ0v) is 9.88. The molecule has 3 rings (SSSR count). The number of nitrogens with zero attached hydrogens (tertiary/aromatic N) is 3. The minimum absolute atomic E-state index is 0.0347. The van der Waals surface area contributed by atoms with Crippen molar-refractivity contribution in [2.24, 2.45) is 0 Å². The van der Waals surface area contributed by atoms with Crippen LogP contribution in [0.1, 0.15) is 25.2 Å². The van der Waals surface area contributed by atoms with Crippen LogP contribution in [0.4, 0.5) is 8.78 Å². The lowest BCUT2D eigenvalue weighted by molar-refractivity contribution is -0.235. The van der Waals surface area contributed by atoms with Crippen molar-refractivity contribution in [3.8, 4) is 11.4 Å². The Balaban J connectivity index is 1.93. The molecule has 0 saturated heterocycles. The molecule has 2 aromatic heterocycles. The Hall–Kier alpha value is -1.89. The molecule has 0 aliphatic heterocycles. The molecular formula is C12H11F2N3O2. The Labute approximate surface area is 107 Å². The topological polar surface area (TPSA) is 72.0 Å². The fourth-order valence-electron chi connectivity index (χ4n) is 1.99. The Kier molecular flexibility index (Phi) is 2.60. The molecule has 1 aliphatic rings. The van der Waals surface area contributed by atoms with Gasteiger partial charge in [-0.15, -0.1) is 0 Å². The van der Waals surface area contributed by atoms with Gasteiger partial charge in [-0.05, 0) is 31.4 Å². The normalized spacial score (nSPS) is 18.1. The van der Waals surface area contributed by atoms with Gasteiger partial charge in [0, 0.05) is 18.0 Å². The fourth-order valence-corrected chi connectivity index (χ4v) is 1.99. The Morgan fingerprint density at radius 3 is 2.53 bits per heavy atom. The standard InChI is InChI=1S/C12H11F2N3O2/c13-12(14,11(18)4-1-5-11)10-16-9(17-19-10)8-2-6-15-7-3-8/h2-3,6-7,18H,1,4-5H2. The highest BCUT2D eigenvalue weighted by Gasteiger charge is 2.60. The van der Waals surface area contributed by atoms with Crippen molar-refractivity contribution < 1.29 is 18.4 Å². The second-order valence-electron chi connectivity index (χ2n) is 4.62. The molecule has 1 N–H and O–H groups in total. The van der Waals surface area contributed by atoms with Crippen LogP contribution in [-0.2, 0) is 5.92 Å². The van der Waals surface area contributed by atoms with E-state index < -0.39 is 17.4 Å². The maximum Gasteiger partial charge on any atom is 0.352 e. The van der Waals surface area contributed by atoms with Crippen LogP contribution in [0.25, 0.3) is 11.4 Å². The van der Waals surface area contributed by atoms with Crippen molar-refractivity contribution in [1.29, 1.82) is 0 Å². The Bertz CT molecular complexity index is 582. The molecule has 100 valence electrons. The number of aliphatic hydroxyl groups is 1. The lowest BCUT2D eigenvalue weighted by Gasteiger charge is -2.40. The van der Waals surface area contributed by atoms with Gasteiger partial charge in [0.1, 0.15) is 5.60 Å². The van der Waals surface area contributed by atoms with Gasteiger partial charge in [-0.1, -0.05) is 5.16 Å². The summed E-state index contributed by atoms with van der Waals surface area (Å²) in [5.74, 6) is -4.31. The van der Waals surface area contributed by atoms with Gasteiger partial charge in [-0.3, -0.25) is 4.98 Å². The predicted octanol–water partition coefficient (Wildman–Crippen LogP) is 2.14. The van der Waals surface area contributed by atoms with E-state index in [0.29, 0.717) is 12.0 Å². The number of hydrogen-bond donors (Lipinski definition) is 1. The minimum Gasteiger partial charge on any atom is -0.383 e. The predicted molar refractivity (Wildman–Crippen MR) is 60.2 cm³/mol. The van der Waals surface area contributed by atoms with Crippen LogP contribution in [0.3, 0.4) is 0 Å². The second kappa shape index (κ2) is 4.06. The Morgan fingerprint density at radius 2 is 1.95 bits per heavy atom. The zero-order valence-electron chi connectivity index (χ0n) is 9.88. The first-order valence-electron chi connectivity index (χ1n) is 5.88. The minimum atomic E-state index is -3.52. The number of halogens is 2. The molecule has 1 saturated carbocycles. The van der Waals surface area contributed by atoms with E-state index in [2.05, 4.69) is 19.6 Å². The molecule has 7 heteroatoms. The summed E-state index contributed by atoms with van der Waals surface area (Å²) in [5, 5.41) is 13.3. The zero-order chi connectivity index (χ0) is 13.5. The molecule has 0 aromatic carbocycles. The summed E-state index contributed by atoms with van der Waals surface area (Å²) in [6.07, 6.45) is 3.64. The van der Waals surface area contributed by atoms with Crippen LogP contribution < -0.4 is 0 Å². The molecule has 0 unspecified atom stereocenters. The first kappa shape index (κ1) is 12.2. The lowest BCUT2D eigenvalue weighted by Crippen LogP contribution is -2.51. The third kappa shape index (κ3) is 1.81. The van der Waals surface area contributed by atoms with Crippen LogP contribution >= 0.6 is 0 Å². The molecule has 2 heterocycles. The second-order valence-corrected chi connectivity index (χ2v) is 4.62. The van der Waals surface area contributed by atoms with E-state index in [-0.39, 0.29) is 18.7 Å². The van der Waals surface area contributed by atoms with Crippen LogP contribution in [0.15, 0.2) is 29.0 Å². The van der Waals surface area contributed by atoms with Crippen molar-refractivity contribution in [1.82, 2.24) is 15.1 Å². The molecule has 0 radical (unpaired) electrons. The molecule has 5 nitrogen and oxygen atoms in total. The average molecular weight is 267 g/mol. The van der Waals surface area contributed by atoms with E-state index in [1.165, 1.54) is 12.4 Å². The van der Waals surface area contributed by atoms with Gasteiger partial charge in [-0.2, -0.15) is 13.8 Å². The van der Waals surface area contributed by atoms with Crippen molar-refractivity contribution in [3.05, 3.63) is 30.4 Å². The van der Waals surface area contributed by atoms with Gasteiger partial charge in [0.2, 0.25) is 5.82 Å². The summed E-state index contributed by atoms with van der Waals surface area (Å²) in [6, 6.07) is 3.18. The summed E-state index contributed by atoms with van der Waals surface area (Å²) >= 11 is 0. The van der Waals surface area contributed by atoms with E-state index in [1.54, 1.807) is 12.1 Å². The molecule has 1 aliphatic carbocycles. The molecule has 0 bridgehead atoms. The van der Waals surface area contributed by atoms with Crippen LogP contribution in [0, 0.1) is 0 Å². The number of alkyl halides is 2. The third-order valence-electron chi connectivity index (χ3n) is 3.40. The molecule has 0 amide bonds. The lowest BCUT2D eigenvalue weighted by atomic mass is 9.75. The monoisotopic (exact) mass is 267 g/mol. The first-order valence-corrected chi connectivity index (χ1v) is 5.88. The van der Waals surface area contributed by atoms with Gasteiger partial charge >= 0.3 is 11.8 Å². The largest absolute Gasteiger partial charge is 0.383 e. The summed E-state index contributed by atoms with van der Waals surface area (Å²) in [4.78, 5) is 7.50. The van der Waals surface area contributed by atoms with Gasteiger partial charge < -0.3 is 9.63 Å². The molecule has 19 heavy (non-hydrogen) atoms. The van der Waals surface area contributed by atoms with Crippen LogP contribution in [0.5, 0.6) is 0 Å². The van der Waals surface area contributed by atoms with Crippen molar-refractivity contribution in [3.63, 3.8) is 0 Å². The average Bonchev–Trinajstić information content (AvgIpc) is 2.87. The fraction of sp³-hybridized carbons (Fsp3) is 0.417. The highest BCUT2D eigenvalue weighted by Crippen LogP contribution is 2.49. The van der Waals surface area contributed by atoms with Crippen LogP contribution in [-0.4, -0.2) is 25.8 Å². The number of hydrogen-bond acceptors (Lipinski definition) is 5. The van der Waals surface area contributed by atoms with E-state index in [4.69, 9.17) is 0 Å². The van der Waals surface area contributed by atoms with E-state index >= 15 is 0 Å². The van der Waals surface area contributed by atoms with E-state index in [1.807, 2.05) is 0 Å². The number of aromatic nitrogens is 3. The quantitative estimate of drug-likeness (QED) is 0.922. The van der Waals surface area contributed by atoms with Crippen LogP contribution in [0.2, 0.25) is 0 Å². The van der Waals surface area contributed by atoms with Crippen molar-refractivity contribution >= 4 is 0 Å². The third-order valence-corrected chi connectivity index (χ3v) is 3.40. The molecule has 2 aromatic rings. The number of rotatable bonds is 3. The summed E-state index contributed by atoms with van der Waals surface area (Å²) < 4.78 is 32.7. The smallest absolute Gasteiger partial charge is 0.352 e. The molecule has 0 spiro atoms. The van der Waals surface area contributed by atoms with E-state index in [9.17, 15) is 13.9 Å². The van der Waals surface area contributed by atoms with Gasteiger partial charge in [0.25, 0.3) is 0 Å². The summed E-state index contributed by atoms with van der Waals surface area (Å²) in [6.45, 7) is 0. The Morgan fingerprint density at radius 1 is 1.26 bits per heavy atom. The maximum atomic E-state index is 14.1. The maximum absolute atomic E-state index is 14.1. The highest BCUT2D eigenvalue weighted by atomic mass is 19.3. The van der Waals surface area contributed by atoms with Gasteiger partial charge in [0.15, 0.2) is 0 Å². The highest BCUT2D eigenvalue weighted by molar-refractivity contribution is 5.52. The van der Waals surface area contributed by atoms with Crippen molar-refractivity contribution in [2.75, 3.05) is 0 Å². The summed E-state index contributed by atoms with van der Waals surface area (Å²) in [5.41, 5.74) is -1.53. The number of pyridine rings is 1. The molecule has 1 fully saturated rings. The molecule has 0 atom stereocenters. The van der Waals surface area contributed by atoms with Gasteiger partial charge in [-0.25, -0.2) is 0 Å². The summed E-state index contributed by atoms with van der Waals surface area (Å²) in [7, 11) is 0. The first-order chi connectivity index (χ1) is 9.03. The SMILES string of the molecule is OC1(C(F)(F)c2nc(-c3ccncc3)no2)CCC1. The van der Waals surface area contributed by atoms with Crippen molar-refractivity contribution in [2.45, 2.75) is 30.8 Å². The van der Waals surface area contributed by atoms with Gasteiger partial charge in [0.05, 0.1) is 0 Å².